The molecule has 1 fully saturated rings. The monoisotopic (exact) mass is 517 g/mol. The van der Waals surface area contributed by atoms with E-state index in [9.17, 15) is 24.5 Å². The average Bonchev–Trinajstić information content (AvgIpc) is 3.24. The molecule has 11 heteroatoms. The number of nitro benzene ring substituents is 1. The normalized spacial score (nSPS) is 22.4. The van der Waals surface area contributed by atoms with Crippen molar-refractivity contribution >= 4 is 62.2 Å². The Morgan fingerprint density at radius 2 is 1.81 bits per heavy atom. The number of thiazole rings is 1. The number of thioether (sulfide) groups is 1. The highest BCUT2D eigenvalue weighted by Gasteiger charge is 2.56. The van der Waals surface area contributed by atoms with Gasteiger partial charge in [-0.15, -0.1) is 0 Å². The smallest absolute Gasteiger partial charge is 0.305 e. The molecule has 0 unspecified atom stereocenters. The maximum Gasteiger partial charge on any atom is 0.305 e. The molecule has 0 aliphatic carbocycles. The van der Waals surface area contributed by atoms with Crippen LogP contribution in [0.25, 0.3) is 0 Å². The van der Waals surface area contributed by atoms with Gasteiger partial charge in [0.2, 0.25) is 11.8 Å². The molecule has 1 N–H and O–H groups in total. The number of halogens is 1. The number of benzene rings is 2. The van der Waals surface area contributed by atoms with Crippen LogP contribution in [0.4, 0.5) is 11.4 Å². The van der Waals surface area contributed by atoms with E-state index in [2.05, 4.69) is 20.9 Å². The maximum absolute atomic E-state index is 13.5. The van der Waals surface area contributed by atoms with E-state index >= 15 is 0 Å². The Morgan fingerprint density at radius 1 is 1.06 bits per heavy atom. The third-order valence-corrected chi connectivity index (χ3v) is 8.28. The summed E-state index contributed by atoms with van der Waals surface area (Å²) in [6.07, 6.45) is 0. The average molecular weight is 518 g/mol. The molecule has 2 aromatic carbocycles. The number of nitro groups is 1. The molecule has 31 heavy (non-hydrogen) atoms. The minimum absolute atomic E-state index is 0.113. The minimum Gasteiger partial charge on any atom is -0.307 e. The van der Waals surface area contributed by atoms with Crippen molar-refractivity contribution < 1.29 is 14.5 Å². The van der Waals surface area contributed by atoms with Crippen LogP contribution in [0.2, 0.25) is 0 Å². The Balaban J connectivity index is 1.66. The van der Waals surface area contributed by atoms with Gasteiger partial charge in [0, 0.05) is 27.4 Å². The summed E-state index contributed by atoms with van der Waals surface area (Å²) < 4.78 is 0.816. The van der Waals surface area contributed by atoms with Crippen LogP contribution in [-0.4, -0.2) is 27.0 Å². The van der Waals surface area contributed by atoms with Gasteiger partial charge < -0.3 is 4.98 Å². The number of hydrogen-bond donors (Lipinski definition) is 1. The summed E-state index contributed by atoms with van der Waals surface area (Å²) in [6, 6.07) is 12.9. The number of nitrogens with one attached hydrogen (secondary N) is 1. The van der Waals surface area contributed by atoms with Gasteiger partial charge in [-0.25, -0.2) is 4.90 Å². The molecular weight excluding hydrogens is 506 g/mol. The summed E-state index contributed by atoms with van der Waals surface area (Å²) in [5.74, 6) is -2.16. The van der Waals surface area contributed by atoms with E-state index in [-0.39, 0.29) is 22.4 Å². The number of hydrogen-bond acceptors (Lipinski definition) is 7. The molecule has 2 aliphatic heterocycles. The Kier molecular flexibility index (Phi) is 4.83. The lowest BCUT2D eigenvalue weighted by Crippen LogP contribution is -2.32. The van der Waals surface area contributed by atoms with Crippen molar-refractivity contribution in [2.45, 2.75) is 16.2 Å². The van der Waals surface area contributed by atoms with Crippen molar-refractivity contribution in [1.29, 1.82) is 0 Å². The van der Waals surface area contributed by atoms with Gasteiger partial charge in [0.25, 0.3) is 5.69 Å². The Morgan fingerprint density at radius 3 is 2.52 bits per heavy atom. The van der Waals surface area contributed by atoms with Gasteiger partial charge in [0.15, 0.2) is 0 Å². The number of carbonyl (C=O) groups is 2. The topological polar surface area (TPSA) is 113 Å². The zero-order chi connectivity index (χ0) is 21.9. The van der Waals surface area contributed by atoms with E-state index in [1.165, 1.54) is 28.8 Å². The Bertz CT molecular complexity index is 1300. The lowest BCUT2D eigenvalue weighted by molar-refractivity contribution is -0.384. The van der Waals surface area contributed by atoms with Crippen LogP contribution in [0.5, 0.6) is 0 Å². The van der Waals surface area contributed by atoms with Crippen LogP contribution in [0, 0.1) is 16.0 Å². The zero-order valence-electron chi connectivity index (χ0n) is 15.5. The number of fused-ring (bicyclic) bond motifs is 2. The Labute approximate surface area is 191 Å². The fraction of sp³-hybridized carbons (Fsp3) is 0.150. The quantitative estimate of drug-likeness (QED) is 0.320. The predicted octanol–water partition coefficient (Wildman–Crippen LogP) is 3.90. The number of anilines is 1. The second kappa shape index (κ2) is 7.43. The first kappa shape index (κ1) is 20.2. The SMILES string of the molecule is O=C1[C@H]2[C@@H](c3cccc([N+](=O)[O-])c3)c3sc(=O)[nH]c3S[C@H]2C(=O)N1c1ccc(Br)cc1. The van der Waals surface area contributed by atoms with Crippen LogP contribution in [-0.2, 0) is 9.59 Å². The third-order valence-electron chi connectivity index (χ3n) is 5.35. The van der Waals surface area contributed by atoms with Gasteiger partial charge in [-0.1, -0.05) is 51.2 Å². The summed E-state index contributed by atoms with van der Waals surface area (Å²) >= 11 is 5.48. The Hall–Kier alpha value is -2.76. The second-order valence-corrected chi connectivity index (χ2v) is 10.2. The van der Waals surface area contributed by atoms with Crippen LogP contribution in [0.15, 0.2) is 62.8 Å². The lowest BCUT2D eigenvalue weighted by Gasteiger charge is -2.29. The van der Waals surface area contributed by atoms with E-state index in [0.29, 0.717) is 21.2 Å². The van der Waals surface area contributed by atoms with Crippen molar-refractivity contribution in [1.82, 2.24) is 4.98 Å². The maximum atomic E-state index is 13.5. The zero-order valence-corrected chi connectivity index (χ0v) is 18.7. The van der Waals surface area contributed by atoms with E-state index in [1.807, 2.05) is 0 Å². The van der Waals surface area contributed by atoms with Gasteiger partial charge in [-0.05, 0) is 29.8 Å². The van der Waals surface area contributed by atoms with Gasteiger partial charge in [-0.3, -0.25) is 24.5 Å². The largest absolute Gasteiger partial charge is 0.307 e. The van der Waals surface area contributed by atoms with Crippen LogP contribution in [0.3, 0.4) is 0 Å². The molecule has 5 rings (SSSR count). The van der Waals surface area contributed by atoms with Crippen molar-refractivity contribution in [2.75, 3.05) is 4.90 Å². The second-order valence-electron chi connectivity index (χ2n) is 7.09. The highest BCUT2D eigenvalue weighted by molar-refractivity contribution is 9.10. The first-order chi connectivity index (χ1) is 14.8. The summed E-state index contributed by atoms with van der Waals surface area (Å²) in [5.41, 5.74) is 0.876. The fourth-order valence-corrected chi connectivity index (χ4v) is 6.83. The number of nitrogens with zero attached hydrogens (tertiary/aromatic N) is 2. The molecule has 1 aromatic heterocycles. The third kappa shape index (κ3) is 3.24. The van der Waals surface area contributed by atoms with E-state index in [0.717, 1.165) is 15.8 Å². The molecule has 3 heterocycles. The van der Waals surface area contributed by atoms with Crippen LogP contribution < -0.4 is 9.77 Å². The molecule has 3 atom stereocenters. The number of imide groups is 1. The number of H-pyrrole nitrogens is 1. The number of aromatic nitrogens is 1. The molecule has 0 saturated carbocycles. The fourth-order valence-electron chi connectivity index (χ4n) is 4.05. The number of amides is 2. The van der Waals surface area contributed by atoms with Gasteiger partial charge >= 0.3 is 4.87 Å². The number of rotatable bonds is 3. The summed E-state index contributed by atoms with van der Waals surface area (Å²) in [6.45, 7) is 0. The first-order valence-corrected chi connectivity index (χ1v) is 11.6. The van der Waals surface area contributed by atoms with E-state index in [1.54, 1.807) is 36.4 Å². The highest BCUT2D eigenvalue weighted by atomic mass is 79.9. The minimum atomic E-state index is -0.776. The predicted molar refractivity (Wildman–Crippen MR) is 120 cm³/mol. The molecule has 1 saturated heterocycles. The van der Waals surface area contributed by atoms with Gasteiger partial charge in [0.1, 0.15) is 5.25 Å². The molecule has 0 bridgehead atoms. The van der Waals surface area contributed by atoms with Crippen LogP contribution in [0.1, 0.15) is 16.4 Å². The summed E-state index contributed by atoms with van der Waals surface area (Å²) in [5, 5.41) is 11.1. The molecule has 156 valence electrons. The molecule has 0 spiro atoms. The highest BCUT2D eigenvalue weighted by Crippen LogP contribution is 2.53. The molecule has 3 aromatic rings. The number of aromatic amines is 1. The molecule has 2 amide bonds. The van der Waals surface area contributed by atoms with Gasteiger partial charge in [-0.2, -0.15) is 0 Å². The lowest BCUT2D eigenvalue weighted by atomic mass is 9.83. The summed E-state index contributed by atoms with van der Waals surface area (Å²) in [7, 11) is 0. The van der Waals surface area contributed by atoms with E-state index in [4.69, 9.17) is 0 Å². The van der Waals surface area contributed by atoms with Crippen molar-refractivity contribution in [3.05, 3.63) is 83.2 Å². The first-order valence-electron chi connectivity index (χ1n) is 9.12. The molecule has 0 radical (unpaired) electrons. The molecule has 2 aliphatic rings. The number of carbonyl (C=O) groups excluding carboxylic acids is 2. The standard InChI is InChI=1S/C20H12BrN3O5S2/c21-10-4-6-11(7-5-10)23-18(25)14-13(9-2-1-3-12(8-9)24(28)29)15-17(22-20(27)31-15)30-16(14)19(23)26/h1-8,13-14,16H,(H,22,27)/t13-,14+,16-/m1/s1. The van der Waals surface area contributed by atoms with E-state index < -0.39 is 22.0 Å². The van der Waals surface area contributed by atoms with Crippen molar-refractivity contribution in [2.24, 2.45) is 5.92 Å². The molecular formula is C20H12BrN3O5S2. The van der Waals surface area contributed by atoms with Crippen molar-refractivity contribution in [3.63, 3.8) is 0 Å². The van der Waals surface area contributed by atoms with Gasteiger partial charge in [0.05, 0.1) is 21.6 Å². The molecule has 8 nitrogen and oxygen atoms in total. The van der Waals surface area contributed by atoms with Crippen LogP contribution >= 0.6 is 39.0 Å². The summed E-state index contributed by atoms with van der Waals surface area (Å²) in [4.78, 5) is 53.9. The number of non-ortho nitro benzene ring substituents is 1. The van der Waals surface area contributed by atoms with Crippen molar-refractivity contribution in [3.8, 4) is 0 Å².